The third-order valence-electron chi connectivity index (χ3n) is 9.83. The molecule has 0 radical (unpaired) electrons. The van der Waals surface area contributed by atoms with E-state index >= 15 is 4.39 Å². The van der Waals surface area contributed by atoms with E-state index in [0.717, 1.165) is 47.5 Å². The van der Waals surface area contributed by atoms with Gasteiger partial charge in [-0.05, 0) is 71.5 Å². The second-order valence-electron chi connectivity index (χ2n) is 14.1. The predicted molar refractivity (Wildman–Crippen MR) is 228 cm³/mol. The number of nitrogens with one attached hydrogen (secondary N) is 1. The van der Waals surface area contributed by atoms with Crippen molar-refractivity contribution < 1.29 is 32.9 Å². The van der Waals surface area contributed by atoms with Gasteiger partial charge in [0.15, 0.2) is 12.4 Å². The molecule has 58 heavy (non-hydrogen) atoms. The van der Waals surface area contributed by atoms with Crippen LogP contribution in [-0.4, -0.2) is 68.1 Å². The van der Waals surface area contributed by atoms with Crippen molar-refractivity contribution >= 4 is 40.5 Å². The summed E-state index contributed by atoms with van der Waals surface area (Å²) in [6, 6.07) is 44.3. The summed E-state index contributed by atoms with van der Waals surface area (Å²) in [5, 5.41) is 3.20. The van der Waals surface area contributed by atoms with Gasteiger partial charge in [0.05, 0.1) is 26.4 Å². The Morgan fingerprint density at radius 1 is 0.672 bits per heavy atom. The molecule has 0 unspecified atom stereocenters. The Balaban J connectivity index is 1.08. The van der Waals surface area contributed by atoms with Crippen LogP contribution in [0.2, 0.25) is 0 Å². The summed E-state index contributed by atoms with van der Waals surface area (Å²) in [4.78, 5) is 14.9. The number of hydrogen-bond acceptors (Lipinski definition) is 8. The minimum atomic E-state index is -1.61. The molecule has 306 valence electrons. The van der Waals surface area contributed by atoms with E-state index in [-0.39, 0.29) is 32.2 Å². The molecule has 1 aliphatic rings. The Hall–Kier alpha value is -4.48. The van der Waals surface area contributed by atoms with Gasteiger partial charge in [0.25, 0.3) is 0 Å². The fourth-order valence-corrected chi connectivity index (χ4v) is 7.20. The van der Waals surface area contributed by atoms with Crippen molar-refractivity contribution in [3.05, 3.63) is 162 Å². The number of halogens is 3. The van der Waals surface area contributed by atoms with Gasteiger partial charge in [0, 0.05) is 42.6 Å². The molecule has 5 aromatic rings. The molecule has 11 heteroatoms. The van der Waals surface area contributed by atoms with E-state index in [1.54, 1.807) is 24.3 Å². The maximum atomic E-state index is 16.7. The third kappa shape index (κ3) is 13.3. The number of alkyl halides is 3. The lowest BCUT2D eigenvalue weighted by Crippen LogP contribution is -2.60. The van der Waals surface area contributed by atoms with Gasteiger partial charge in [-0.15, -0.1) is 23.2 Å². The Bertz CT molecular complexity index is 1910. The average Bonchev–Trinajstić information content (AvgIpc) is 3.25. The number of hydrogen-bond donors (Lipinski definition) is 1. The zero-order chi connectivity index (χ0) is 40.4. The smallest absolute Gasteiger partial charge is 0.311 e. The van der Waals surface area contributed by atoms with Crippen LogP contribution in [0.3, 0.4) is 0 Å². The molecule has 1 aliphatic heterocycles. The molecule has 0 saturated carbocycles. The molecule has 5 atom stereocenters. The minimum absolute atomic E-state index is 0.145. The monoisotopic (exact) mass is 828 g/mol. The second kappa shape index (κ2) is 23.2. The SMILES string of the molecule is O=C(CCCc1ccc(N(CCCl)CCCl)cc1)Oc1ccc(N[C@@H]2O[C@H](COCc3ccccc3)[C@@H](OCc3ccccc3)[C@H](OCc3ccccc3)[C@@H]2F)cc1. The van der Waals surface area contributed by atoms with Crippen LogP contribution < -0.4 is 15.0 Å². The van der Waals surface area contributed by atoms with E-state index in [0.29, 0.717) is 36.2 Å². The Morgan fingerprint density at radius 2 is 1.22 bits per heavy atom. The van der Waals surface area contributed by atoms with Crippen molar-refractivity contribution in [1.29, 1.82) is 0 Å². The van der Waals surface area contributed by atoms with Crippen LogP contribution in [0, 0.1) is 0 Å². The van der Waals surface area contributed by atoms with E-state index in [9.17, 15) is 4.79 Å². The number of rotatable bonds is 22. The topological polar surface area (TPSA) is 78.5 Å². The first-order chi connectivity index (χ1) is 28.5. The summed E-state index contributed by atoms with van der Waals surface area (Å²) >= 11 is 11.9. The number of carbonyl (C=O) groups excluding carboxylic acids is 1. The van der Waals surface area contributed by atoms with Crippen molar-refractivity contribution in [2.45, 2.75) is 69.8 Å². The van der Waals surface area contributed by atoms with Gasteiger partial charge in [-0.1, -0.05) is 103 Å². The summed E-state index contributed by atoms with van der Waals surface area (Å²) in [5.41, 5.74) is 5.66. The van der Waals surface area contributed by atoms with Gasteiger partial charge in [-0.3, -0.25) is 4.79 Å². The van der Waals surface area contributed by atoms with Gasteiger partial charge in [0.2, 0.25) is 0 Å². The molecule has 0 bridgehead atoms. The maximum absolute atomic E-state index is 16.7. The number of nitrogens with zero attached hydrogens (tertiary/aromatic N) is 1. The first kappa shape index (κ1) is 43.1. The molecule has 8 nitrogen and oxygen atoms in total. The van der Waals surface area contributed by atoms with Crippen LogP contribution >= 0.6 is 23.2 Å². The summed E-state index contributed by atoms with van der Waals surface area (Å²) < 4.78 is 47.7. The highest BCUT2D eigenvalue weighted by Crippen LogP contribution is 2.32. The Morgan fingerprint density at radius 3 is 1.79 bits per heavy atom. The lowest BCUT2D eigenvalue weighted by molar-refractivity contribution is -0.241. The average molecular weight is 830 g/mol. The predicted octanol–water partition coefficient (Wildman–Crippen LogP) is 9.76. The van der Waals surface area contributed by atoms with Crippen molar-refractivity contribution in [2.24, 2.45) is 0 Å². The largest absolute Gasteiger partial charge is 0.427 e. The first-order valence-electron chi connectivity index (χ1n) is 19.7. The van der Waals surface area contributed by atoms with Gasteiger partial charge >= 0.3 is 5.97 Å². The summed E-state index contributed by atoms with van der Waals surface area (Å²) in [6.07, 6.45) is -3.49. The fraction of sp³-hybridized carbons (Fsp3) is 0.340. The van der Waals surface area contributed by atoms with E-state index < -0.39 is 30.7 Å². The lowest BCUT2D eigenvalue weighted by atomic mass is 9.98. The third-order valence-corrected chi connectivity index (χ3v) is 10.2. The standard InChI is InChI=1S/C47H51Cl2FN2O6/c48-27-29-52(30-28-49)40-23-19-35(20-24-40)17-10-18-43(53)57-41-25-21-39(22-26-41)51-47-44(50)46(56-33-38-15-8-3-9-16-38)45(55-32-37-13-6-2-7-14-37)42(58-47)34-54-31-36-11-4-1-5-12-36/h1-9,11-16,19-26,42,44-47,51H,10,17-18,27-34H2/t42-,44+,45-,46-,47-/m1/s1. The molecule has 0 aliphatic carbocycles. The summed E-state index contributed by atoms with van der Waals surface area (Å²) in [7, 11) is 0. The molecule has 5 aromatic carbocycles. The zero-order valence-corrected chi connectivity index (χ0v) is 34.0. The number of aryl methyl sites for hydroxylation is 1. The summed E-state index contributed by atoms with van der Waals surface area (Å²) in [5.74, 6) is 1.11. The molecule has 6 rings (SSSR count). The van der Waals surface area contributed by atoms with Crippen molar-refractivity contribution in [2.75, 3.05) is 41.7 Å². The molecule has 1 N–H and O–H groups in total. The first-order valence-corrected chi connectivity index (χ1v) is 20.8. The molecule has 1 heterocycles. The highest BCUT2D eigenvalue weighted by molar-refractivity contribution is 6.18. The lowest BCUT2D eigenvalue weighted by Gasteiger charge is -2.44. The molecule has 1 saturated heterocycles. The van der Waals surface area contributed by atoms with E-state index in [2.05, 4.69) is 34.5 Å². The van der Waals surface area contributed by atoms with Crippen LogP contribution in [0.15, 0.2) is 140 Å². The molecule has 0 spiro atoms. The molecule has 0 aromatic heterocycles. The maximum Gasteiger partial charge on any atom is 0.311 e. The second-order valence-corrected chi connectivity index (χ2v) is 14.8. The minimum Gasteiger partial charge on any atom is -0.427 e. The highest BCUT2D eigenvalue weighted by Gasteiger charge is 2.48. The zero-order valence-electron chi connectivity index (χ0n) is 32.5. The van der Waals surface area contributed by atoms with Crippen LogP contribution in [0.5, 0.6) is 5.75 Å². The van der Waals surface area contributed by atoms with Crippen molar-refractivity contribution in [3.8, 4) is 5.75 Å². The fourth-order valence-electron chi connectivity index (χ4n) is 6.79. The quantitative estimate of drug-likeness (QED) is 0.0420. The normalized spacial score (nSPS) is 19.1. The molecular weight excluding hydrogens is 778 g/mol. The Kier molecular flexibility index (Phi) is 17.2. The van der Waals surface area contributed by atoms with Gasteiger partial charge in [-0.25, -0.2) is 4.39 Å². The van der Waals surface area contributed by atoms with Crippen molar-refractivity contribution in [1.82, 2.24) is 0 Å². The molecule has 1 fully saturated rings. The Labute approximate surface area is 351 Å². The summed E-state index contributed by atoms with van der Waals surface area (Å²) in [6.45, 7) is 2.39. The number of carbonyl (C=O) groups is 1. The van der Waals surface area contributed by atoms with E-state index in [4.69, 9.17) is 46.9 Å². The van der Waals surface area contributed by atoms with E-state index in [1.165, 1.54) is 0 Å². The number of ether oxygens (including phenoxy) is 5. The number of esters is 1. The molecular formula is C47H51Cl2FN2O6. The van der Waals surface area contributed by atoms with Crippen LogP contribution in [0.25, 0.3) is 0 Å². The van der Waals surface area contributed by atoms with Crippen LogP contribution in [0.4, 0.5) is 15.8 Å². The van der Waals surface area contributed by atoms with Gasteiger partial charge in [0.1, 0.15) is 24.1 Å². The van der Waals surface area contributed by atoms with Crippen LogP contribution in [-0.2, 0) is 50.0 Å². The highest BCUT2D eigenvalue weighted by atomic mass is 35.5. The van der Waals surface area contributed by atoms with E-state index in [1.807, 2.05) is 91.0 Å². The van der Waals surface area contributed by atoms with Crippen LogP contribution in [0.1, 0.15) is 35.1 Å². The van der Waals surface area contributed by atoms with Gasteiger partial charge < -0.3 is 33.9 Å². The van der Waals surface area contributed by atoms with Crippen molar-refractivity contribution in [3.63, 3.8) is 0 Å². The number of benzene rings is 5. The molecule has 0 amide bonds. The number of anilines is 2. The van der Waals surface area contributed by atoms with Gasteiger partial charge in [-0.2, -0.15) is 0 Å².